The Bertz CT molecular complexity index is 1660. The third-order valence-electron chi connectivity index (χ3n) is 7.47. The molecule has 204 valence electrons. The minimum absolute atomic E-state index is 0.0296. The maximum absolute atomic E-state index is 13.8. The summed E-state index contributed by atoms with van der Waals surface area (Å²) in [6.07, 6.45) is 1.89. The quantitative estimate of drug-likeness (QED) is 0.320. The summed E-state index contributed by atoms with van der Waals surface area (Å²) in [5, 5.41) is 10.00. The van der Waals surface area contributed by atoms with Gasteiger partial charge in [-0.2, -0.15) is 4.98 Å². The van der Waals surface area contributed by atoms with Gasteiger partial charge in [0.15, 0.2) is 5.78 Å². The molecule has 0 radical (unpaired) electrons. The van der Waals surface area contributed by atoms with Gasteiger partial charge in [-0.25, -0.2) is 4.98 Å². The number of carbonyl (C=O) groups is 2. The number of nitrogens with one attached hydrogen (secondary N) is 3. The fourth-order valence-electron chi connectivity index (χ4n) is 5.31. The molecule has 1 saturated heterocycles. The van der Waals surface area contributed by atoms with Gasteiger partial charge < -0.3 is 20.9 Å². The van der Waals surface area contributed by atoms with Crippen molar-refractivity contribution in [3.05, 3.63) is 82.3 Å². The van der Waals surface area contributed by atoms with Gasteiger partial charge in [-0.15, -0.1) is 0 Å². The van der Waals surface area contributed by atoms with Gasteiger partial charge in [0.1, 0.15) is 11.7 Å². The summed E-state index contributed by atoms with van der Waals surface area (Å²) >= 11 is 0. The van der Waals surface area contributed by atoms with Crippen molar-refractivity contribution in [2.45, 2.75) is 26.3 Å². The van der Waals surface area contributed by atoms with Crippen LogP contribution in [0.2, 0.25) is 0 Å². The smallest absolute Gasteiger partial charge is 0.263 e. The number of Topliss-reactive ketones (excluding diaryl/α,β-unsaturated/α-hetero) is 1. The summed E-state index contributed by atoms with van der Waals surface area (Å²) in [6, 6.07) is 16.2. The number of para-hydroxylation sites is 1. The molecule has 0 aliphatic carbocycles. The van der Waals surface area contributed by atoms with E-state index in [-0.39, 0.29) is 29.1 Å². The average molecular weight is 538 g/mol. The monoisotopic (exact) mass is 537 g/mol. The highest BCUT2D eigenvalue weighted by Gasteiger charge is 2.32. The van der Waals surface area contributed by atoms with Gasteiger partial charge in [-0.1, -0.05) is 32.0 Å². The summed E-state index contributed by atoms with van der Waals surface area (Å²) in [7, 11) is 0. The molecule has 2 aromatic carbocycles. The molecule has 2 aliphatic heterocycles. The van der Waals surface area contributed by atoms with E-state index in [0.717, 1.165) is 48.8 Å². The van der Waals surface area contributed by atoms with Gasteiger partial charge in [-0.05, 0) is 42.0 Å². The molecular weight excluding hydrogens is 506 g/mol. The molecule has 4 heterocycles. The maximum Gasteiger partial charge on any atom is 0.263 e. The number of pyridine rings is 1. The lowest BCUT2D eigenvalue weighted by atomic mass is 9.97. The van der Waals surface area contributed by atoms with Crippen LogP contribution < -0.4 is 26.4 Å². The first-order valence-electron chi connectivity index (χ1n) is 13.6. The Morgan fingerprint density at radius 1 is 1.05 bits per heavy atom. The lowest BCUT2D eigenvalue weighted by Gasteiger charge is -2.29. The second-order valence-electron chi connectivity index (χ2n) is 10.5. The Morgan fingerprint density at radius 2 is 1.80 bits per heavy atom. The zero-order chi connectivity index (χ0) is 27.8. The summed E-state index contributed by atoms with van der Waals surface area (Å²) in [4.78, 5) is 51.6. The predicted octanol–water partition coefficient (Wildman–Crippen LogP) is 3.52. The lowest BCUT2D eigenvalue weighted by Crippen LogP contribution is -2.43. The summed E-state index contributed by atoms with van der Waals surface area (Å²) in [5.41, 5.74) is 3.35. The Morgan fingerprint density at radius 3 is 2.55 bits per heavy atom. The number of anilines is 4. The number of amides is 1. The topological polar surface area (TPSA) is 121 Å². The number of carbonyl (C=O) groups excluding carboxylic acids is 2. The standard InChI is InChI=1S/C30H31N7O3/c1-18(2)26(38)23-15-20-17-32-30(33-21-7-9-22(10-8-21)36-13-11-31-12-14-36)35-27(20)37(29(23)40)25-16-19-5-3-4-6-24(19)34-28(25)39/h3-10,15,17-18,25,31H,11-14,16H2,1-2H3,(H,34,39)(H,32,33,35). The molecule has 1 unspecified atom stereocenters. The predicted molar refractivity (Wildman–Crippen MR) is 156 cm³/mol. The molecular formula is C30H31N7O3. The van der Waals surface area contributed by atoms with Crippen molar-refractivity contribution in [3.63, 3.8) is 0 Å². The molecule has 6 rings (SSSR count). The fraction of sp³-hybridized carbons (Fsp3) is 0.300. The Hall–Kier alpha value is -4.57. The lowest BCUT2D eigenvalue weighted by molar-refractivity contribution is -0.119. The van der Waals surface area contributed by atoms with Crippen LogP contribution in [0.1, 0.15) is 35.8 Å². The van der Waals surface area contributed by atoms with Crippen LogP contribution in [0.25, 0.3) is 11.0 Å². The van der Waals surface area contributed by atoms with Crippen LogP contribution in [-0.2, 0) is 11.2 Å². The van der Waals surface area contributed by atoms with Gasteiger partial charge in [0.25, 0.3) is 5.56 Å². The van der Waals surface area contributed by atoms with E-state index in [1.807, 2.05) is 36.4 Å². The van der Waals surface area contributed by atoms with E-state index in [0.29, 0.717) is 17.5 Å². The average Bonchev–Trinajstić information content (AvgIpc) is 2.97. The molecule has 1 amide bonds. The van der Waals surface area contributed by atoms with Crippen molar-refractivity contribution < 1.29 is 9.59 Å². The molecule has 3 N–H and O–H groups in total. The van der Waals surface area contributed by atoms with Crippen LogP contribution in [-0.4, -0.2) is 52.4 Å². The molecule has 0 bridgehead atoms. The molecule has 1 atom stereocenters. The number of hydrogen-bond donors (Lipinski definition) is 3. The first-order chi connectivity index (χ1) is 19.4. The number of hydrogen-bond acceptors (Lipinski definition) is 8. The molecule has 2 aromatic heterocycles. The highest BCUT2D eigenvalue weighted by atomic mass is 16.2. The molecule has 2 aliphatic rings. The third-order valence-corrected chi connectivity index (χ3v) is 7.47. The second-order valence-corrected chi connectivity index (χ2v) is 10.5. The number of aromatic nitrogens is 3. The SMILES string of the molecule is CC(C)C(=O)c1cc2cnc(Nc3ccc(N4CCNCC4)cc3)nc2n(C2Cc3ccccc3NC2=O)c1=O. The number of fused-ring (bicyclic) bond motifs is 2. The maximum atomic E-state index is 13.8. The highest BCUT2D eigenvalue weighted by molar-refractivity contribution is 6.01. The number of piperazine rings is 1. The van der Waals surface area contributed by atoms with Crippen LogP contribution in [0.3, 0.4) is 0 Å². The van der Waals surface area contributed by atoms with E-state index in [4.69, 9.17) is 0 Å². The minimum Gasteiger partial charge on any atom is -0.369 e. The number of nitrogens with zero attached hydrogens (tertiary/aromatic N) is 4. The molecule has 40 heavy (non-hydrogen) atoms. The molecule has 10 nitrogen and oxygen atoms in total. The van der Waals surface area contributed by atoms with Crippen LogP contribution in [0, 0.1) is 5.92 Å². The molecule has 0 spiro atoms. The zero-order valence-electron chi connectivity index (χ0n) is 22.5. The summed E-state index contributed by atoms with van der Waals surface area (Å²) < 4.78 is 1.36. The number of rotatable bonds is 6. The van der Waals surface area contributed by atoms with Crippen LogP contribution in [0.4, 0.5) is 23.0 Å². The molecule has 10 heteroatoms. The van der Waals surface area contributed by atoms with Gasteiger partial charge >= 0.3 is 0 Å². The Labute approximate surface area is 231 Å². The zero-order valence-corrected chi connectivity index (χ0v) is 22.5. The van der Waals surface area contributed by atoms with E-state index in [2.05, 4.69) is 43.0 Å². The first kappa shape index (κ1) is 25.7. The van der Waals surface area contributed by atoms with E-state index in [1.165, 1.54) is 10.6 Å². The summed E-state index contributed by atoms with van der Waals surface area (Å²) in [5.74, 6) is -0.711. The van der Waals surface area contributed by atoms with E-state index in [1.54, 1.807) is 20.0 Å². The van der Waals surface area contributed by atoms with Gasteiger partial charge in [-0.3, -0.25) is 19.0 Å². The molecule has 0 saturated carbocycles. The fourth-order valence-corrected chi connectivity index (χ4v) is 5.31. The molecule has 4 aromatic rings. The van der Waals surface area contributed by atoms with Gasteiger partial charge in [0.05, 0.1) is 5.56 Å². The highest BCUT2D eigenvalue weighted by Crippen LogP contribution is 2.30. The third kappa shape index (κ3) is 4.82. The summed E-state index contributed by atoms with van der Waals surface area (Å²) in [6.45, 7) is 7.33. The van der Waals surface area contributed by atoms with Crippen LogP contribution >= 0.6 is 0 Å². The van der Waals surface area contributed by atoms with Crippen LogP contribution in [0.5, 0.6) is 0 Å². The van der Waals surface area contributed by atoms with E-state index < -0.39 is 11.6 Å². The van der Waals surface area contributed by atoms with Crippen LogP contribution in [0.15, 0.2) is 65.6 Å². The number of ketones is 1. The van der Waals surface area contributed by atoms with Crippen molar-refractivity contribution in [1.82, 2.24) is 19.9 Å². The second kappa shape index (κ2) is 10.5. The Balaban J connectivity index is 1.40. The van der Waals surface area contributed by atoms with Crippen molar-refractivity contribution >= 4 is 45.7 Å². The van der Waals surface area contributed by atoms with E-state index in [9.17, 15) is 14.4 Å². The number of benzene rings is 2. The normalized spacial score (nSPS) is 17.0. The molecule has 1 fully saturated rings. The largest absolute Gasteiger partial charge is 0.369 e. The minimum atomic E-state index is -0.870. The van der Waals surface area contributed by atoms with Gasteiger partial charge in [0.2, 0.25) is 11.9 Å². The Kier molecular flexibility index (Phi) is 6.77. The first-order valence-corrected chi connectivity index (χ1v) is 13.6. The van der Waals surface area contributed by atoms with Crippen molar-refractivity contribution in [2.75, 3.05) is 41.7 Å². The van der Waals surface area contributed by atoms with Crippen molar-refractivity contribution in [1.29, 1.82) is 0 Å². The van der Waals surface area contributed by atoms with Gasteiger partial charge in [0, 0.05) is 67.2 Å². The van der Waals surface area contributed by atoms with Crippen molar-refractivity contribution in [3.8, 4) is 0 Å². The van der Waals surface area contributed by atoms with Crippen molar-refractivity contribution in [2.24, 2.45) is 5.92 Å². The van der Waals surface area contributed by atoms with E-state index >= 15 is 0 Å².